The van der Waals surface area contributed by atoms with E-state index in [1.807, 2.05) is 36.4 Å². The van der Waals surface area contributed by atoms with Gasteiger partial charge in [0.05, 0.1) is 0 Å². The van der Waals surface area contributed by atoms with Crippen molar-refractivity contribution in [1.82, 2.24) is 4.90 Å². The summed E-state index contributed by atoms with van der Waals surface area (Å²) < 4.78 is 0. The molecule has 3 heteroatoms. The molecule has 0 spiro atoms. The molecule has 0 aliphatic carbocycles. The molecular weight excluding hydrogens is 258 g/mol. The fourth-order valence-electron chi connectivity index (χ4n) is 2.08. The first-order valence-corrected chi connectivity index (χ1v) is 6.80. The lowest BCUT2D eigenvalue weighted by atomic mass is 10.1. The molecule has 2 rings (SSSR count). The number of hydrogen-bond donors (Lipinski definition) is 1. The molecule has 0 saturated carbocycles. The fourth-order valence-corrected chi connectivity index (χ4v) is 2.28. The SMILES string of the molecule is OC(Cl)CN(Cc1ccccc1)Cc1ccccc1. The summed E-state index contributed by atoms with van der Waals surface area (Å²) in [4.78, 5) is 2.14. The highest BCUT2D eigenvalue weighted by Gasteiger charge is 2.10. The topological polar surface area (TPSA) is 23.5 Å². The van der Waals surface area contributed by atoms with Crippen LogP contribution in [0.15, 0.2) is 60.7 Å². The van der Waals surface area contributed by atoms with Gasteiger partial charge in [-0.15, -0.1) is 0 Å². The van der Waals surface area contributed by atoms with Gasteiger partial charge in [0.25, 0.3) is 0 Å². The van der Waals surface area contributed by atoms with E-state index in [4.69, 9.17) is 11.6 Å². The van der Waals surface area contributed by atoms with Crippen LogP contribution in [-0.2, 0) is 13.1 Å². The van der Waals surface area contributed by atoms with E-state index in [1.165, 1.54) is 11.1 Å². The van der Waals surface area contributed by atoms with Crippen LogP contribution in [-0.4, -0.2) is 22.1 Å². The summed E-state index contributed by atoms with van der Waals surface area (Å²) in [6, 6.07) is 20.4. The van der Waals surface area contributed by atoms with Crippen LogP contribution in [0.4, 0.5) is 0 Å². The third-order valence-corrected chi connectivity index (χ3v) is 3.04. The third-order valence-electron chi connectivity index (χ3n) is 2.91. The zero-order valence-corrected chi connectivity index (χ0v) is 11.5. The first-order valence-electron chi connectivity index (χ1n) is 6.36. The average Bonchev–Trinajstić information content (AvgIpc) is 2.40. The number of halogens is 1. The Hall–Kier alpha value is -1.35. The van der Waals surface area contributed by atoms with Crippen LogP contribution < -0.4 is 0 Å². The van der Waals surface area contributed by atoms with Gasteiger partial charge in [-0.3, -0.25) is 4.90 Å². The predicted molar refractivity (Wildman–Crippen MR) is 78.9 cm³/mol. The van der Waals surface area contributed by atoms with Crippen molar-refractivity contribution >= 4 is 11.6 Å². The second-order valence-corrected chi connectivity index (χ2v) is 5.08. The maximum Gasteiger partial charge on any atom is 0.140 e. The number of alkyl halides is 1. The molecule has 1 atom stereocenters. The largest absolute Gasteiger partial charge is 0.376 e. The smallest absolute Gasteiger partial charge is 0.140 e. The van der Waals surface area contributed by atoms with Crippen LogP contribution in [0.2, 0.25) is 0 Å². The molecule has 0 bridgehead atoms. The number of benzene rings is 2. The minimum Gasteiger partial charge on any atom is -0.376 e. The van der Waals surface area contributed by atoms with Gasteiger partial charge < -0.3 is 5.11 Å². The van der Waals surface area contributed by atoms with Gasteiger partial charge in [0, 0.05) is 19.6 Å². The Balaban J connectivity index is 2.03. The van der Waals surface area contributed by atoms with Crippen molar-refractivity contribution in [3.8, 4) is 0 Å². The van der Waals surface area contributed by atoms with Gasteiger partial charge >= 0.3 is 0 Å². The monoisotopic (exact) mass is 275 g/mol. The molecule has 2 aromatic carbocycles. The normalized spacial score (nSPS) is 12.6. The van der Waals surface area contributed by atoms with E-state index in [-0.39, 0.29) is 0 Å². The van der Waals surface area contributed by atoms with Crippen LogP contribution in [0.25, 0.3) is 0 Å². The first-order chi connectivity index (χ1) is 9.24. The number of nitrogens with zero attached hydrogens (tertiary/aromatic N) is 1. The molecule has 0 aliphatic heterocycles. The summed E-state index contributed by atoms with van der Waals surface area (Å²) in [5.41, 5.74) is 1.60. The summed E-state index contributed by atoms with van der Waals surface area (Å²) in [6.45, 7) is 2.00. The Kier molecular flexibility index (Phi) is 5.40. The lowest BCUT2D eigenvalue weighted by Gasteiger charge is -2.23. The Morgan fingerprint density at radius 3 is 1.63 bits per heavy atom. The highest BCUT2D eigenvalue weighted by atomic mass is 35.5. The first kappa shape index (κ1) is 14.1. The zero-order valence-electron chi connectivity index (χ0n) is 10.7. The van der Waals surface area contributed by atoms with Crippen LogP contribution >= 0.6 is 11.6 Å². The highest BCUT2D eigenvalue weighted by molar-refractivity contribution is 6.19. The quantitative estimate of drug-likeness (QED) is 0.818. The molecule has 0 aliphatic rings. The number of hydrogen-bond acceptors (Lipinski definition) is 2. The molecule has 1 N–H and O–H groups in total. The second kappa shape index (κ2) is 7.29. The van der Waals surface area contributed by atoms with Crippen molar-refractivity contribution in [2.45, 2.75) is 18.7 Å². The van der Waals surface area contributed by atoms with Crippen LogP contribution in [0.1, 0.15) is 11.1 Å². The Bertz CT molecular complexity index is 431. The molecule has 0 heterocycles. The van der Waals surface area contributed by atoms with Crippen LogP contribution in [0, 0.1) is 0 Å². The number of rotatable bonds is 6. The minimum atomic E-state index is -0.840. The summed E-state index contributed by atoms with van der Waals surface area (Å²) in [7, 11) is 0. The summed E-state index contributed by atoms with van der Waals surface area (Å²) in [6.07, 6.45) is 0. The fraction of sp³-hybridized carbons (Fsp3) is 0.250. The lowest BCUT2D eigenvalue weighted by Crippen LogP contribution is -2.29. The standard InChI is InChI=1S/C16H18ClNO/c17-16(19)13-18(11-14-7-3-1-4-8-14)12-15-9-5-2-6-10-15/h1-10,16,19H,11-13H2. The number of aliphatic hydroxyl groups excluding tert-OH is 1. The Morgan fingerprint density at radius 2 is 1.26 bits per heavy atom. The van der Waals surface area contributed by atoms with Gasteiger partial charge in [-0.2, -0.15) is 0 Å². The van der Waals surface area contributed by atoms with E-state index in [0.29, 0.717) is 6.54 Å². The van der Waals surface area contributed by atoms with Gasteiger partial charge in [0.15, 0.2) is 0 Å². The molecule has 0 saturated heterocycles. The Labute approximate surface area is 119 Å². The van der Waals surface area contributed by atoms with Crippen molar-refractivity contribution in [2.75, 3.05) is 6.54 Å². The highest BCUT2D eigenvalue weighted by Crippen LogP contribution is 2.11. The van der Waals surface area contributed by atoms with Gasteiger partial charge in [0.2, 0.25) is 0 Å². The average molecular weight is 276 g/mol. The minimum absolute atomic E-state index is 0.450. The van der Waals surface area contributed by atoms with Crippen molar-refractivity contribution in [3.63, 3.8) is 0 Å². The van der Waals surface area contributed by atoms with Gasteiger partial charge in [-0.05, 0) is 11.1 Å². The van der Waals surface area contributed by atoms with Crippen LogP contribution in [0.5, 0.6) is 0 Å². The molecule has 100 valence electrons. The summed E-state index contributed by atoms with van der Waals surface area (Å²) >= 11 is 5.72. The summed E-state index contributed by atoms with van der Waals surface area (Å²) in [5, 5.41) is 9.40. The molecule has 0 fully saturated rings. The maximum absolute atomic E-state index is 9.40. The van der Waals surface area contributed by atoms with Crippen molar-refractivity contribution < 1.29 is 5.11 Å². The van der Waals surface area contributed by atoms with E-state index in [9.17, 15) is 5.11 Å². The molecule has 2 nitrogen and oxygen atoms in total. The van der Waals surface area contributed by atoms with Crippen LogP contribution in [0.3, 0.4) is 0 Å². The Morgan fingerprint density at radius 1 is 0.842 bits per heavy atom. The maximum atomic E-state index is 9.40. The number of aliphatic hydroxyl groups is 1. The molecule has 2 aromatic rings. The molecule has 1 unspecified atom stereocenters. The molecule has 0 amide bonds. The third kappa shape index (κ3) is 5.03. The zero-order chi connectivity index (χ0) is 13.5. The lowest BCUT2D eigenvalue weighted by molar-refractivity contribution is 0.158. The van der Waals surface area contributed by atoms with E-state index >= 15 is 0 Å². The molecule has 19 heavy (non-hydrogen) atoms. The van der Waals surface area contributed by atoms with Gasteiger partial charge in [-0.25, -0.2) is 0 Å². The van der Waals surface area contributed by atoms with E-state index in [0.717, 1.165) is 13.1 Å². The molecule has 0 aromatic heterocycles. The van der Waals surface area contributed by atoms with E-state index < -0.39 is 5.56 Å². The molecule has 0 radical (unpaired) electrons. The van der Waals surface area contributed by atoms with E-state index in [2.05, 4.69) is 29.2 Å². The second-order valence-electron chi connectivity index (χ2n) is 4.58. The van der Waals surface area contributed by atoms with Crippen molar-refractivity contribution in [3.05, 3.63) is 71.8 Å². The van der Waals surface area contributed by atoms with Gasteiger partial charge in [0.1, 0.15) is 5.56 Å². The summed E-state index contributed by atoms with van der Waals surface area (Å²) in [5.74, 6) is 0. The predicted octanol–water partition coefficient (Wildman–Crippen LogP) is 3.25. The van der Waals surface area contributed by atoms with Crippen molar-refractivity contribution in [2.24, 2.45) is 0 Å². The van der Waals surface area contributed by atoms with E-state index in [1.54, 1.807) is 0 Å². The van der Waals surface area contributed by atoms with Crippen molar-refractivity contribution in [1.29, 1.82) is 0 Å². The molecular formula is C16H18ClNO. The van der Waals surface area contributed by atoms with Gasteiger partial charge in [-0.1, -0.05) is 72.3 Å².